The van der Waals surface area contributed by atoms with E-state index in [0.717, 1.165) is 19.4 Å². The summed E-state index contributed by atoms with van der Waals surface area (Å²) < 4.78 is 0. The van der Waals surface area contributed by atoms with Crippen molar-refractivity contribution in [2.24, 2.45) is 5.92 Å². The summed E-state index contributed by atoms with van der Waals surface area (Å²) in [5.41, 5.74) is 0.826. The van der Waals surface area contributed by atoms with Crippen LogP contribution in [0.4, 0.5) is 0 Å². The van der Waals surface area contributed by atoms with E-state index in [1.54, 1.807) is 12.1 Å². The summed E-state index contributed by atoms with van der Waals surface area (Å²) in [4.78, 5) is 25.6. The summed E-state index contributed by atoms with van der Waals surface area (Å²) in [5.74, 6) is -0.238. The van der Waals surface area contributed by atoms with Crippen LogP contribution in [0, 0.1) is 5.92 Å². The van der Waals surface area contributed by atoms with Crippen molar-refractivity contribution in [3.63, 3.8) is 0 Å². The summed E-state index contributed by atoms with van der Waals surface area (Å²) >= 11 is 0. The number of fused-ring (bicyclic) bond motifs is 1. The Kier molecular flexibility index (Phi) is 3.95. The predicted octanol–water partition coefficient (Wildman–Crippen LogP) is 3.18. The topological polar surface area (TPSA) is 57.6 Å². The van der Waals surface area contributed by atoms with Gasteiger partial charge in [0.1, 0.15) is 0 Å². The van der Waals surface area contributed by atoms with Crippen LogP contribution in [-0.4, -0.2) is 34.5 Å². The molecule has 1 saturated carbocycles. The van der Waals surface area contributed by atoms with Gasteiger partial charge in [-0.05, 0) is 55.9 Å². The van der Waals surface area contributed by atoms with Crippen molar-refractivity contribution in [3.8, 4) is 0 Å². The van der Waals surface area contributed by atoms with Crippen LogP contribution in [0.15, 0.2) is 24.3 Å². The third kappa shape index (κ3) is 2.80. The van der Waals surface area contributed by atoms with Gasteiger partial charge in [0.25, 0.3) is 5.91 Å². The maximum atomic E-state index is 12.7. The van der Waals surface area contributed by atoms with E-state index in [1.807, 2.05) is 4.90 Å². The van der Waals surface area contributed by atoms with Crippen molar-refractivity contribution in [2.75, 3.05) is 6.54 Å². The Bertz CT molecular complexity index is 535. The number of rotatable bonds is 2. The van der Waals surface area contributed by atoms with E-state index in [2.05, 4.69) is 0 Å². The molecule has 21 heavy (non-hydrogen) atoms. The lowest BCUT2D eigenvalue weighted by Crippen LogP contribution is -2.49. The fourth-order valence-electron chi connectivity index (χ4n) is 3.80. The lowest BCUT2D eigenvalue weighted by Gasteiger charge is -2.44. The summed E-state index contributed by atoms with van der Waals surface area (Å²) in [6, 6.07) is 6.69. The van der Waals surface area contributed by atoms with Crippen LogP contribution in [0.3, 0.4) is 0 Å². The summed E-state index contributed by atoms with van der Waals surface area (Å²) in [6.07, 6.45) is 7.18. The summed E-state index contributed by atoms with van der Waals surface area (Å²) in [6.45, 7) is 0.834. The zero-order chi connectivity index (χ0) is 14.8. The zero-order valence-electron chi connectivity index (χ0n) is 12.1. The molecule has 2 aliphatic rings. The number of amides is 1. The normalized spacial score (nSPS) is 25.2. The first-order valence-corrected chi connectivity index (χ1v) is 7.81. The molecule has 1 aliphatic heterocycles. The highest BCUT2D eigenvalue weighted by molar-refractivity contribution is 5.96. The van der Waals surface area contributed by atoms with E-state index in [-0.39, 0.29) is 11.5 Å². The molecule has 0 aromatic heterocycles. The molecule has 4 nitrogen and oxygen atoms in total. The number of piperidine rings is 1. The molecule has 1 N–H and O–H groups in total. The molecule has 1 amide bonds. The molecule has 0 unspecified atom stereocenters. The van der Waals surface area contributed by atoms with Crippen LogP contribution in [-0.2, 0) is 0 Å². The number of hydrogen-bond donors (Lipinski definition) is 1. The van der Waals surface area contributed by atoms with Gasteiger partial charge < -0.3 is 10.0 Å². The third-order valence-electron chi connectivity index (χ3n) is 4.88. The number of carboxylic acids is 1. The molecule has 112 valence electrons. The standard InChI is InChI=1S/C17H21NO3/c19-16(13-7-9-14(10-8-13)17(20)21)18-11-3-5-12-4-1-2-6-15(12)18/h7-10,12,15H,1-6,11H2,(H,20,21)/t12-,15+/m1/s1. The average molecular weight is 287 g/mol. The van der Waals surface area contributed by atoms with Gasteiger partial charge in [0.15, 0.2) is 0 Å². The predicted molar refractivity (Wildman–Crippen MR) is 79.4 cm³/mol. The molecule has 3 rings (SSSR count). The molecular weight excluding hydrogens is 266 g/mol. The van der Waals surface area contributed by atoms with E-state index in [1.165, 1.54) is 37.8 Å². The fourth-order valence-corrected chi connectivity index (χ4v) is 3.80. The lowest BCUT2D eigenvalue weighted by atomic mass is 9.78. The van der Waals surface area contributed by atoms with Gasteiger partial charge in [0.05, 0.1) is 5.56 Å². The number of nitrogens with zero attached hydrogens (tertiary/aromatic N) is 1. The van der Waals surface area contributed by atoms with E-state index in [0.29, 0.717) is 17.5 Å². The quantitative estimate of drug-likeness (QED) is 0.909. The van der Waals surface area contributed by atoms with Gasteiger partial charge in [-0.3, -0.25) is 4.79 Å². The Morgan fingerprint density at radius 2 is 1.57 bits per heavy atom. The van der Waals surface area contributed by atoms with Crippen molar-refractivity contribution in [1.82, 2.24) is 4.90 Å². The van der Waals surface area contributed by atoms with Gasteiger partial charge in [-0.1, -0.05) is 12.8 Å². The van der Waals surface area contributed by atoms with Crippen LogP contribution in [0.1, 0.15) is 59.2 Å². The van der Waals surface area contributed by atoms with Crippen molar-refractivity contribution < 1.29 is 14.7 Å². The second kappa shape index (κ2) is 5.88. The number of aromatic carboxylic acids is 1. The Balaban J connectivity index is 1.78. The SMILES string of the molecule is O=C(O)c1ccc(C(=O)N2CCC[C@H]3CCCC[C@@H]32)cc1. The van der Waals surface area contributed by atoms with Gasteiger partial charge in [-0.25, -0.2) is 4.79 Å². The van der Waals surface area contributed by atoms with E-state index in [9.17, 15) is 9.59 Å². The Labute approximate surface area is 124 Å². The van der Waals surface area contributed by atoms with Crippen LogP contribution in [0.2, 0.25) is 0 Å². The number of carbonyl (C=O) groups excluding carboxylic acids is 1. The molecule has 1 aliphatic carbocycles. The minimum Gasteiger partial charge on any atom is -0.478 e. The van der Waals surface area contributed by atoms with Crippen molar-refractivity contribution in [2.45, 2.75) is 44.6 Å². The van der Waals surface area contributed by atoms with Crippen LogP contribution >= 0.6 is 0 Å². The molecule has 2 atom stereocenters. The Morgan fingerprint density at radius 3 is 2.29 bits per heavy atom. The zero-order valence-corrected chi connectivity index (χ0v) is 12.1. The van der Waals surface area contributed by atoms with Crippen LogP contribution in [0.25, 0.3) is 0 Å². The number of hydrogen-bond acceptors (Lipinski definition) is 2. The highest BCUT2D eigenvalue weighted by atomic mass is 16.4. The Hall–Kier alpha value is -1.84. The molecule has 1 saturated heterocycles. The van der Waals surface area contributed by atoms with Gasteiger partial charge in [0.2, 0.25) is 0 Å². The molecule has 4 heteroatoms. The third-order valence-corrected chi connectivity index (χ3v) is 4.88. The van der Waals surface area contributed by atoms with Gasteiger partial charge >= 0.3 is 5.97 Å². The first kappa shape index (κ1) is 14.1. The van der Waals surface area contributed by atoms with E-state index >= 15 is 0 Å². The Morgan fingerprint density at radius 1 is 0.952 bits per heavy atom. The number of benzene rings is 1. The second-order valence-electron chi connectivity index (χ2n) is 6.14. The number of likely N-dealkylation sites (tertiary alicyclic amines) is 1. The van der Waals surface area contributed by atoms with Crippen LogP contribution in [0.5, 0.6) is 0 Å². The molecule has 1 aromatic rings. The number of carboxylic acid groups (broad SMARTS) is 1. The summed E-state index contributed by atoms with van der Waals surface area (Å²) in [7, 11) is 0. The molecule has 0 spiro atoms. The van der Waals surface area contributed by atoms with Crippen LogP contribution < -0.4 is 0 Å². The monoisotopic (exact) mass is 287 g/mol. The first-order valence-electron chi connectivity index (χ1n) is 7.81. The van der Waals surface area contributed by atoms with Crippen molar-refractivity contribution in [3.05, 3.63) is 35.4 Å². The number of carbonyl (C=O) groups is 2. The maximum absolute atomic E-state index is 12.7. The van der Waals surface area contributed by atoms with Gasteiger partial charge in [0, 0.05) is 18.2 Å². The van der Waals surface area contributed by atoms with Crippen molar-refractivity contribution >= 4 is 11.9 Å². The lowest BCUT2D eigenvalue weighted by molar-refractivity contribution is 0.0390. The average Bonchev–Trinajstić information content (AvgIpc) is 2.53. The molecular formula is C17H21NO3. The minimum atomic E-state index is -0.959. The van der Waals surface area contributed by atoms with Gasteiger partial charge in [-0.15, -0.1) is 0 Å². The van der Waals surface area contributed by atoms with Gasteiger partial charge in [-0.2, -0.15) is 0 Å². The largest absolute Gasteiger partial charge is 0.478 e. The highest BCUT2D eigenvalue weighted by Crippen LogP contribution is 2.35. The highest BCUT2D eigenvalue weighted by Gasteiger charge is 2.35. The van der Waals surface area contributed by atoms with E-state index < -0.39 is 5.97 Å². The minimum absolute atomic E-state index is 0.0588. The second-order valence-corrected chi connectivity index (χ2v) is 6.14. The first-order chi connectivity index (χ1) is 10.2. The smallest absolute Gasteiger partial charge is 0.335 e. The maximum Gasteiger partial charge on any atom is 0.335 e. The molecule has 0 radical (unpaired) electrons. The molecule has 1 aromatic carbocycles. The van der Waals surface area contributed by atoms with Crippen molar-refractivity contribution in [1.29, 1.82) is 0 Å². The summed E-state index contributed by atoms with van der Waals surface area (Å²) in [5, 5.41) is 8.92. The molecule has 0 bridgehead atoms. The molecule has 1 heterocycles. The van der Waals surface area contributed by atoms with E-state index in [4.69, 9.17) is 5.11 Å². The molecule has 2 fully saturated rings. The fraction of sp³-hybridized carbons (Fsp3) is 0.529.